The molecule has 0 amide bonds. The van der Waals surface area contributed by atoms with E-state index in [2.05, 4.69) is 31.2 Å². The van der Waals surface area contributed by atoms with Crippen molar-refractivity contribution in [3.8, 4) is 5.82 Å². The molecule has 2 aromatic rings. The Morgan fingerprint density at radius 2 is 2.06 bits per heavy atom. The first kappa shape index (κ1) is 11.2. The monoisotopic (exact) mass is 302 g/mol. The lowest BCUT2D eigenvalue weighted by molar-refractivity contribution is 0.602. The van der Waals surface area contributed by atoms with Crippen LogP contribution in [0.3, 0.4) is 0 Å². The molecule has 8 heteroatoms. The minimum absolute atomic E-state index is 0.150. The minimum atomic E-state index is -3.24. The second-order valence-electron chi connectivity index (χ2n) is 3.11. The van der Waals surface area contributed by atoms with E-state index in [4.69, 9.17) is 0 Å². The van der Waals surface area contributed by atoms with E-state index in [1.54, 1.807) is 12.1 Å². The van der Waals surface area contributed by atoms with Gasteiger partial charge in [0.2, 0.25) is 0 Å². The van der Waals surface area contributed by atoms with E-state index in [9.17, 15) is 8.42 Å². The molecule has 2 heterocycles. The Kier molecular flexibility index (Phi) is 2.76. The summed E-state index contributed by atoms with van der Waals surface area (Å²) in [7, 11) is -3.24. The maximum absolute atomic E-state index is 11.2. The first-order valence-electron chi connectivity index (χ1n) is 4.21. The minimum Gasteiger partial charge on any atom is -0.224 e. The van der Waals surface area contributed by atoms with Crippen molar-refractivity contribution >= 4 is 25.8 Å². The van der Waals surface area contributed by atoms with Crippen molar-refractivity contribution < 1.29 is 8.42 Å². The summed E-state index contributed by atoms with van der Waals surface area (Å²) in [6.07, 6.45) is 3.80. The Morgan fingerprint density at radius 1 is 1.31 bits per heavy atom. The van der Waals surface area contributed by atoms with Crippen LogP contribution in [0.1, 0.15) is 0 Å². The summed E-state index contributed by atoms with van der Waals surface area (Å²) >= 11 is 3.16. The third-order valence-corrected chi connectivity index (χ3v) is 3.33. The van der Waals surface area contributed by atoms with Crippen LogP contribution >= 0.6 is 15.9 Å². The zero-order chi connectivity index (χ0) is 11.8. The molecule has 0 unspecified atom stereocenters. The Labute approximate surface area is 100 Å². The van der Waals surface area contributed by atoms with Crippen LogP contribution in [0.4, 0.5) is 0 Å². The molecule has 0 N–H and O–H groups in total. The topological polar surface area (TPSA) is 77.7 Å². The molecular weight excluding hydrogens is 296 g/mol. The molecule has 0 bridgehead atoms. The van der Waals surface area contributed by atoms with E-state index in [0.717, 1.165) is 6.26 Å². The van der Waals surface area contributed by atoms with Gasteiger partial charge in [0.15, 0.2) is 15.7 Å². The standard InChI is InChI=1S/C8H7BrN4O2S/c1-16(14,15)6-4-10-13(5-6)8-3-2-7(9)11-12-8/h2-5H,1H3. The number of rotatable bonds is 2. The van der Waals surface area contributed by atoms with Gasteiger partial charge >= 0.3 is 0 Å². The molecule has 0 spiro atoms. The SMILES string of the molecule is CS(=O)(=O)c1cnn(-c2ccc(Br)nn2)c1. The highest BCUT2D eigenvalue weighted by atomic mass is 79.9. The summed E-state index contributed by atoms with van der Waals surface area (Å²) in [4.78, 5) is 0.150. The van der Waals surface area contributed by atoms with E-state index in [-0.39, 0.29) is 4.90 Å². The van der Waals surface area contributed by atoms with Crippen molar-refractivity contribution in [2.24, 2.45) is 0 Å². The highest BCUT2D eigenvalue weighted by Gasteiger charge is 2.11. The normalized spacial score (nSPS) is 11.6. The Morgan fingerprint density at radius 3 is 2.56 bits per heavy atom. The zero-order valence-corrected chi connectivity index (χ0v) is 10.6. The van der Waals surface area contributed by atoms with Crippen molar-refractivity contribution in [3.05, 3.63) is 29.1 Å². The van der Waals surface area contributed by atoms with Crippen LogP contribution < -0.4 is 0 Å². The number of aromatic nitrogens is 4. The molecule has 0 aromatic carbocycles. The van der Waals surface area contributed by atoms with Crippen molar-refractivity contribution in [2.45, 2.75) is 4.90 Å². The van der Waals surface area contributed by atoms with Gasteiger partial charge in [0.25, 0.3) is 0 Å². The van der Waals surface area contributed by atoms with Gasteiger partial charge in [-0.3, -0.25) is 0 Å². The second kappa shape index (κ2) is 3.95. The Hall–Kier alpha value is -1.28. The van der Waals surface area contributed by atoms with Gasteiger partial charge in [-0.05, 0) is 28.1 Å². The summed E-state index contributed by atoms with van der Waals surface area (Å²) in [5.41, 5.74) is 0. The van der Waals surface area contributed by atoms with Gasteiger partial charge in [-0.25, -0.2) is 13.1 Å². The molecule has 6 nitrogen and oxygen atoms in total. The molecule has 0 aliphatic heterocycles. The fraction of sp³-hybridized carbons (Fsp3) is 0.125. The van der Waals surface area contributed by atoms with Gasteiger partial charge < -0.3 is 0 Å². The third kappa shape index (κ3) is 2.27. The first-order chi connectivity index (χ1) is 7.47. The lowest BCUT2D eigenvalue weighted by atomic mass is 10.5. The molecule has 2 aromatic heterocycles. The average Bonchev–Trinajstić information content (AvgIpc) is 2.67. The fourth-order valence-corrected chi connectivity index (χ4v) is 1.80. The van der Waals surface area contributed by atoms with Crippen LogP contribution in [0.2, 0.25) is 0 Å². The van der Waals surface area contributed by atoms with Crippen LogP contribution in [0.15, 0.2) is 34.0 Å². The number of sulfone groups is 1. The lowest BCUT2D eigenvalue weighted by Gasteiger charge is -1.97. The molecule has 0 atom stereocenters. The lowest BCUT2D eigenvalue weighted by Crippen LogP contribution is -1.99. The van der Waals surface area contributed by atoms with Crippen molar-refractivity contribution in [3.63, 3.8) is 0 Å². The molecular formula is C8H7BrN4O2S. The third-order valence-electron chi connectivity index (χ3n) is 1.84. The summed E-state index contributed by atoms with van der Waals surface area (Å²) in [6, 6.07) is 3.38. The van der Waals surface area contributed by atoms with Crippen LogP contribution in [0, 0.1) is 0 Å². The smallest absolute Gasteiger partial charge is 0.178 e. The maximum atomic E-state index is 11.2. The van der Waals surface area contributed by atoms with Crippen LogP contribution in [-0.4, -0.2) is 34.7 Å². The van der Waals surface area contributed by atoms with Crippen LogP contribution in [0.25, 0.3) is 5.82 Å². The molecule has 0 saturated carbocycles. The van der Waals surface area contributed by atoms with Gasteiger partial charge in [0.05, 0.1) is 12.4 Å². The predicted molar refractivity (Wildman–Crippen MR) is 60.0 cm³/mol. The van der Waals surface area contributed by atoms with Gasteiger partial charge in [0, 0.05) is 6.26 Å². The predicted octanol–water partition coefficient (Wildman–Crippen LogP) is 0.828. The molecule has 0 aliphatic carbocycles. The maximum Gasteiger partial charge on any atom is 0.178 e. The molecule has 0 saturated heterocycles. The highest BCUT2D eigenvalue weighted by Crippen LogP contribution is 2.11. The Bertz CT molecular complexity index is 605. The number of halogens is 1. The summed E-state index contributed by atoms with van der Waals surface area (Å²) < 4.78 is 24.4. The van der Waals surface area contributed by atoms with Gasteiger partial charge in [-0.15, -0.1) is 10.2 Å². The fourth-order valence-electron chi connectivity index (χ4n) is 1.05. The Balaban J connectivity index is 2.43. The van der Waals surface area contributed by atoms with Gasteiger partial charge in [-0.1, -0.05) is 0 Å². The largest absolute Gasteiger partial charge is 0.224 e. The van der Waals surface area contributed by atoms with E-state index < -0.39 is 9.84 Å². The average molecular weight is 303 g/mol. The number of nitrogens with zero attached hydrogens (tertiary/aromatic N) is 4. The van der Waals surface area contributed by atoms with Crippen molar-refractivity contribution in [2.75, 3.05) is 6.26 Å². The molecule has 16 heavy (non-hydrogen) atoms. The molecule has 0 aliphatic rings. The first-order valence-corrected chi connectivity index (χ1v) is 6.89. The summed E-state index contributed by atoms with van der Waals surface area (Å²) in [5.74, 6) is 0.457. The van der Waals surface area contributed by atoms with E-state index >= 15 is 0 Å². The summed E-state index contributed by atoms with van der Waals surface area (Å²) in [5, 5.41) is 11.5. The van der Waals surface area contributed by atoms with E-state index in [1.807, 2.05) is 0 Å². The molecule has 0 radical (unpaired) electrons. The van der Waals surface area contributed by atoms with E-state index in [0.29, 0.717) is 10.4 Å². The second-order valence-corrected chi connectivity index (χ2v) is 5.94. The van der Waals surface area contributed by atoms with Gasteiger partial charge in [-0.2, -0.15) is 5.10 Å². The van der Waals surface area contributed by atoms with Crippen LogP contribution in [0.5, 0.6) is 0 Å². The van der Waals surface area contributed by atoms with Crippen LogP contribution in [-0.2, 0) is 9.84 Å². The molecule has 0 fully saturated rings. The molecule has 2 rings (SSSR count). The van der Waals surface area contributed by atoms with E-state index in [1.165, 1.54) is 17.1 Å². The molecule has 84 valence electrons. The highest BCUT2D eigenvalue weighted by molar-refractivity contribution is 9.10. The number of hydrogen-bond donors (Lipinski definition) is 0. The zero-order valence-electron chi connectivity index (χ0n) is 8.20. The van der Waals surface area contributed by atoms with Crippen molar-refractivity contribution in [1.82, 2.24) is 20.0 Å². The van der Waals surface area contributed by atoms with Crippen molar-refractivity contribution in [1.29, 1.82) is 0 Å². The number of hydrogen-bond acceptors (Lipinski definition) is 5. The van der Waals surface area contributed by atoms with Gasteiger partial charge in [0.1, 0.15) is 9.50 Å². The summed E-state index contributed by atoms with van der Waals surface area (Å²) in [6.45, 7) is 0. The quantitative estimate of drug-likeness (QED) is 0.821.